The monoisotopic (exact) mass is 326 g/mol. The maximum Gasteiger partial charge on any atom is 0.208 e. The van der Waals surface area contributed by atoms with Gasteiger partial charge in [0.05, 0.1) is 19.0 Å². The van der Waals surface area contributed by atoms with E-state index >= 15 is 0 Å². The number of nitrogens with zero attached hydrogens (tertiary/aromatic N) is 1. The molecular formula is C16H26N2O3S. The van der Waals surface area contributed by atoms with Crippen molar-refractivity contribution < 1.29 is 13.2 Å². The Hall–Kier alpha value is -0.950. The molecule has 1 heterocycles. The molecule has 2 rings (SSSR count). The van der Waals surface area contributed by atoms with Crippen molar-refractivity contribution in [2.75, 3.05) is 32.5 Å². The third-order valence-electron chi connectivity index (χ3n) is 4.03. The Bertz CT molecular complexity index is 601. The van der Waals surface area contributed by atoms with E-state index in [1.54, 1.807) is 0 Å². The highest BCUT2D eigenvalue weighted by atomic mass is 32.2. The number of benzene rings is 1. The van der Waals surface area contributed by atoms with E-state index in [2.05, 4.69) is 41.7 Å². The highest BCUT2D eigenvalue weighted by molar-refractivity contribution is 7.88. The first-order valence-corrected chi connectivity index (χ1v) is 9.57. The predicted molar refractivity (Wildman–Crippen MR) is 88.4 cm³/mol. The number of sulfonamides is 1. The fourth-order valence-electron chi connectivity index (χ4n) is 2.66. The standard InChI is InChI=1S/C16H26N2O3S/c1-13-4-5-15(10-14(13)2)11-18-8-9-21-16(12-18)6-7-17-22(3,19)20/h4-5,10,16-17H,6-9,11-12H2,1-3H3. The smallest absolute Gasteiger partial charge is 0.208 e. The molecule has 0 aromatic heterocycles. The Morgan fingerprint density at radius 2 is 2.09 bits per heavy atom. The van der Waals surface area contributed by atoms with E-state index in [4.69, 9.17) is 4.74 Å². The van der Waals surface area contributed by atoms with Gasteiger partial charge in [-0.15, -0.1) is 0 Å². The van der Waals surface area contributed by atoms with Crippen LogP contribution >= 0.6 is 0 Å². The molecule has 1 fully saturated rings. The van der Waals surface area contributed by atoms with Gasteiger partial charge in [0.15, 0.2) is 0 Å². The molecule has 1 unspecified atom stereocenters. The molecule has 0 spiro atoms. The van der Waals surface area contributed by atoms with Gasteiger partial charge in [-0.2, -0.15) is 0 Å². The van der Waals surface area contributed by atoms with Gasteiger partial charge in [-0.05, 0) is 37.0 Å². The van der Waals surface area contributed by atoms with Gasteiger partial charge in [0.25, 0.3) is 0 Å². The first-order valence-electron chi connectivity index (χ1n) is 7.68. The Labute approximate surface area is 133 Å². The maximum atomic E-state index is 11.1. The van der Waals surface area contributed by atoms with Crippen LogP contribution in [-0.4, -0.2) is 51.9 Å². The van der Waals surface area contributed by atoms with Crippen molar-refractivity contribution in [1.29, 1.82) is 0 Å². The Balaban J connectivity index is 1.83. The molecule has 0 radical (unpaired) electrons. The summed E-state index contributed by atoms with van der Waals surface area (Å²) in [6, 6.07) is 6.58. The molecule has 6 heteroatoms. The minimum absolute atomic E-state index is 0.0922. The number of hydrogen-bond donors (Lipinski definition) is 1. The predicted octanol–water partition coefficient (Wildman–Crippen LogP) is 1.44. The number of hydrogen-bond acceptors (Lipinski definition) is 4. The topological polar surface area (TPSA) is 58.6 Å². The van der Waals surface area contributed by atoms with Crippen LogP contribution in [0.15, 0.2) is 18.2 Å². The fourth-order valence-corrected chi connectivity index (χ4v) is 3.15. The molecule has 0 amide bonds. The molecule has 1 atom stereocenters. The molecule has 0 aliphatic carbocycles. The molecule has 1 N–H and O–H groups in total. The average Bonchev–Trinajstić information content (AvgIpc) is 2.42. The third-order valence-corrected chi connectivity index (χ3v) is 4.76. The SMILES string of the molecule is Cc1ccc(CN2CCOC(CCNS(C)(=O)=O)C2)cc1C. The van der Waals surface area contributed by atoms with Gasteiger partial charge in [-0.1, -0.05) is 18.2 Å². The van der Waals surface area contributed by atoms with Gasteiger partial charge >= 0.3 is 0 Å². The minimum Gasteiger partial charge on any atom is -0.376 e. The summed E-state index contributed by atoms with van der Waals surface area (Å²) in [6.45, 7) is 8.08. The molecule has 124 valence electrons. The lowest BCUT2D eigenvalue weighted by molar-refractivity contribution is -0.0338. The van der Waals surface area contributed by atoms with Gasteiger partial charge in [-0.25, -0.2) is 13.1 Å². The quantitative estimate of drug-likeness (QED) is 0.859. The summed E-state index contributed by atoms with van der Waals surface area (Å²) in [6.07, 6.45) is 1.98. The molecule has 1 aromatic carbocycles. The fraction of sp³-hybridized carbons (Fsp3) is 0.625. The number of rotatable bonds is 6. The Kier molecular flexibility index (Phi) is 5.97. The lowest BCUT2D eigenvalue weighted by Gasteiger charge is -2.33. The van der Waals surface area contributed by atoms with Crippen molar-refractivity contribution >= 4 is 10.0 Å². The zero-order chi connectivity index (χ0) is 16.2. The van der Waals surface area contributed by atoms with E-state index in [-0.39, 0.29) is 6.10 Å². The van der Waals surface area contributed by atoms with Gasteiger partial charge in [0.2, 0.25) is 10.0 Å². The van der Waals surface area contributed by atoms with Crippen LogP contribution in [-0.2, 0) is 21.3 Å². The van der Waals surface area contributed by atoms with Crippen LogP contribution in [0.1, 0.15) is 23.1 Å². The van der Waals surface area contributed by atoms with E-state index < -0.39 is 10.0 Å². The van der Waals surface area contributed by atoms with Crippen LogP contribution in [0.5, 0.6) is 0 Å². The van der Waals surface area contributed by atoms with Crippen molar-refractivity contribution in [3.05, 3.63) is 34.9 Å². The molecule has 1 aliphatic heterocycles. The number of ether oxygens (including phenoxy) is 1. The molecule has 22 heavy (non-hydrogen) atoms. The van der Waals surface area contributed by atoms with Crippen molar-refractivity contribution in [3.8, 4) is 0 Å². The van der Waals surface area contributed by atoms with E-state index in [9.17, 15) is 8.42 Å². The third kappa shape index (κ3) is 5.68. The van der Waals surface area contributed by atoms with E-state index in [0.29, 0.717) is 19.6 Å². The largest absolute Gasteiger partial charge is 0.376 e. The first-order chi connectivity index (χ1) is 10.3. The molecule has 1 aliphatic rings. The van der Waals surface area contributed by atoms with Crippen LogP contribution in [0, 0.1) is 13.8 Å². The number of aryl methyl sites for hydroxylation is 2. The number of nitrogens with one attached hydrogen (secondary N) is 1. The summed E-state index contributed by atoms with van der Waals surface area (Å²) >= 11 is 0. The highest BCUT2D eigenvalue weighted by Crippen LogP contribution is 2.15. The zero-order valence-electron chi connectivity index (χ0n) is 13.6. The summed E-state index contributed by atoms with van der Waals surface area (Å²) in [4.78, 5) is 2.37. The normalized spacial score (nSPS) is 20.2. The maximum absolute atomic E-state index is 11.1. The minimum atomic E-state index is -3.12. The summed E-state index contributed by atoms with van der Waals surface area (Å²) in [5.74, 6) is 0. The molecular weight excluding hydrogens is 300 g/mol. The van der Waals surface area contributed by atoms with Gasteiger partial charge < -0.3 is 4.74 Å². The van der Waals surface area contributed by atoms with Crippen LogP contribution in [0.4, 0.5) is 0 Å². The molecule has 0 bridgehead atoms. The van der Waals surface area contributed by atoms with E-state index in [1.807, 2.05) is 0 Å². The van der Waals surface area contributed by atoms with Gasteiger partial charge in [0.1, 0.15) is 0 Å². The van der Waals surface area contributed by atoms with E-state index in [0.717, 1.165) is 19.6 Å². The van der Waals surface area contributed by atoms with E-state index in [1.165, 1.54) is 22.9 Å². The second-order valence-electron chi connectivity index (χ2n) is 6.10. The Morgan fingerprint density at radius 3 is 2.77 bits per heavy atom. The summed E-state index contributed by atoms with van der Waals surface area (Å²) in [5, 5.41) is 0. The van der Waals surface area contributed by atoms with Crippen molar-refractivity contribution in [2.24, 2.45) is 0 Å². The lowest BCUT2D eigenvalue weighted by atomic mass is 10.1. The molecule has 1 aromatic rings. The van der Waals surface area contributed by atoms with Gasteiger partial charge in [0, 0.05) is 26.2 Å². The van der Waals surface area contributed by atoms with Crippen LogP contribution in [0.25, 0.3) is 0 Å². The van der Waals surface area contributed by atoms with Crippen LogP contribution < -0.4 is 4.72 Å². The van der Waals surface area contributed by atoms with Crippen molar-refractivity contribution in [3.63, 3.8) is 0 Å². The Morgan fingerprint density at radius 1 is 1.32 bits per heavy atom. The van der Waals surface area contributed by atoms with Crippen LogP contribution in [0.3, 0.4) is 0 Å². The second-order valence-corrected chi connectivity index (χ2v) is 7.93. The summed E-state index contributed by atoms with van der Waals surface area (Å²) in [7, 11) is -3.12. The average molecular weight is 326 g/mol. The second kappa shape index (κ2) is 7.55. The summed E-state index contributed by atoms with van der Waals surface area (Å²) in [5.41, 5.74) is 3.95. The van der Waals surface area contributed by atoms with Crippen molar-refractivity contribution in [2.45, 2.75) is 32.9 Å². The highest BCUT2D eigenvalue weighted by Gasteiger charge is 2.20. The molecule has 1 saturated heterocycles. The lowest BCUT2D eigenvalue weighted by Crippen LogP contribution is -2.43. The van der Waals surface area contributed by atoms with Crippen molar-refractivity contribution in [1.82, 2.24) is 9.62 Å². The first kappa shape index (κ1) is 17.4. The van der Waals surface area contributed by atoms with Crippen LogP contribution in [0.2, 0.25) is 0 Å². The summed E-state index contributed by atoms with van der Waals surface area (Å²) < 4.78 is 30.4. The number of morpholine rings is 1. The zero-order valence-corrected chi connectivity index (χ0v) is 14.4. The molecule has 0 saturated carbocycles. The van der Waals surface area contributed by atoms with Gasteiger partial charge in [-0.3, -0.25) is 4.90 Å². The molecule has 5 nitrogen and oxygen atoms in total.